The number of amides is 1. The van der Waals surface area contributed by atoms with Gasteiger partial charge in [-0.3, -0.25) is 4.79 Å². The van der Waals surface area contributed by atoms with E-state index < -0.39 is 0 Å². The van der Waals surface area contributed by atoms with Crippen LogP contribution < -0.4 is 10.6 Å². The van der Waals surface area contributed by atoms with Gasteiger partial charge in [-0.15, -0.1) is 0 Å². The maximum atomic E-state index is 11.8. The first-order valence-electron chi connectivity index (χ1n) is 8.79. The van der Waals surface area contributed by atoms with Crippen LogP contribution in [-0.2, 0) is 16.0 Å². The highest BCUT2D eigenvalue weighted by Gasteiger charge is 2.37. The maximum absolute atomic E-state index is 11.8. The zero-order valence-electron chi connectivity index (χ0n) is 15.9. The third kappa shape index (κ3) is 3.74. The summed E-state index contributed by atoms with van der Waals surface area (Å²) in [5.41, 5.74) is 3.57. The Kier molecular flexibility index (Phi) is 4.83. The molecule has 1 unspecified atom stereocenters. The fraction of sp³-hybridized carbons (Fsp3) is 0.333. The number of carbonyl (C=O) groups excluding carboxylic acids is 2. The number of hydrogen-bond donors (Lipinski definition) is 3. The molecule has 6 nitrogen and oxygen atoms in total. The number of phenolic OH excluding ortho intramolecular Hbond substituents is 1. The Balaban J connectivity index is 1.99. The van der Waals surface area contributed by atoms with E-state index in [1.807, 2.05) is 12.1 Å². The molecule has 6 heteroatoms. The number of carbonyl (C=O) groups is 2. The monoisotopic (exact) mass is 368 g/mol. The molecule has 0 fully saturated rings. The topological polar surface area (TPSA) is 87.7 Å². The second kappa shape index (κ2) is 6.95. The number of aromatic hydroxyl groups is 1. The van der Waals surface area contributed by atoms with E-state index >= 15 is 0 Å². The molecule has 0 aromatic heterocycles. The summed E-state index contributed by atoms with van der Waals surface area (Å²) in [7, 11) is 1.37. The van der Waals surface area contributed by atoms with Crippen molar-refractivity contribution in [2.24, 2.45) is 5.41 Å². The van der Waals surface area contributed by atoms with Crippen LogP contribution in [0.15, 0.2) is 36.4 Å². The molecule has 0 radical (unpaired) electrons. The number of esters is 1. The lowest BCUT2D eigenvalue weighted by Gasteiger charge is -2.41. The normalized spacial score (nSPS) is 17.4. The van der Waals surface area contributed by atoms with Gasteiger partial charge in [-0.1, -0.05) is 13.8 Å². The van der Waals surface area contributed by atoms with Crippen molar-refractivity contribution < 1.29 is 19.4 Å². The molecule has 0 aliphatic carbocycles. The fourth-order valence-corrected chi connectivity index (χ4v) is 3.63. The van der Waals surface area contributed by atoms with Gasteiger partial charge in [-0.2, -0.15) is 0 Å². The van der Waals surface area contributed by atoms with Crippen LogP contribution in [0.5, 0.6) is 5.75 Å². The van der Waals surface area contributed by atoms with Crippen molar-refractivity contribution in [3.05, 3.63) is 53.1 Å². The van der Waals surface area contributed by atoms with E-state index in [0.29, 0.717) is 23.2 Å². The summed E-state index contributed by atoms with van der Waals surface area (Å²) in [5, 5.41) is 16.7. The number of hydrogen-bond acceptors (Lipinski definition) is 5. The van der Waals surface area contributed by atoms with Gasteiger partial charge in [0.25, 0.3) is 0 Å². The number of nitrogens with one attached hydrogen (secondary N) is 2. The minimum absolute atomic E-state index is 0.164. The van der Waals surface area contributed by atoms with Crippen molar-refractivity contribution >= 4 is 23.3 Å². The predicted molar refractivity (Wildman–Crippen MR) is 104 cm³/mol. The second-order valence-electron chi connectivity index (χ2n) is 7.56. The largest absolute Gasteiger partial charge is 0.508 e. The molecule has 1 aliphatic rings. The quantitative estimate of drug-likeness (QED) is 0.565. The summed E-state index contributed by atoms with van der Waals surface area (Å²) in [6, 6.07) is 10.3. The standard InChI is InChI=1S/C21H24N2O4/c1-12(24)22-15-6-8-18(25)16(10-15)19-21(2,3)11-14-9-13(20(26)27-4)5-7-17(14)23-19/h5-10,19,23,25H,11H2,1-4H3,(H,22,24). The Labute approximate surface area is 158 Å². The molecule has 27 heavy (non-hydrogen) atoms. The van der Waals surface area contributed by atoms with Crippen molar-refractivity contribution in [3.8, 4) is 5.75 Å². The van der Waals surface area contributed by atoms with Crippen molar-refractivity contribution in [1.82, 2.24) is 0 Å². The summed E-state index contributed by atoms with van der Waals surface area (Å²) in [5.74, 6) is -0.356. The molecule has 0 saturated carbocycles. The average molecular weight is 368 g/mol. The van der Waals surface area contributed by atoms with Crippen LogP contribution in [0.1, 0.15) is 48.3 Å². The number of benzene rings is 2. The van der Waals surface area contributed by atoms with Crippen LogP contribution in [0.25, 0.3) is 0 Å². The van der Waals surface area contributed by atoms with Gasteiger partial charge in [-0.05, 0) is 53.8 Å². The van der Waals surface area contributed by atoms with Gasteiger partial charge >= 0.3 is 5.97 Å². The van der Waals surface area contributed by atoms with Gasteiger partial charge in [0.05, 0.1) is 18.7 Å². The van der Waals surface area contributed by atoms with E-state index in [1.54, 1.807) is 24.3 Å². The average Bonchev–Trinajstić information content (AvgIpc) is 2.60. The fourth-order valence-electron chi connectivity index (χ4n) is 3.63. The summed E-state index contributed by atoms with van der Waals surface area (Å²) in [6.45, 7) is 5.65. The van der Waals surface area contributed by atoms with E-state index in [2.05, 4.69) is 24.5 Å². The summed E-state index contributed by atoms with van der Waals surface area (Å²) >= 11 is 0. The number of ether oxygens (including phenoxy) is 1. The van der Waals surface area contributed by atoms with Gasteiger partial charge in [-0.25, -0.2) is 4.79 Å². The molecule has 0 spiro atoms. The van der Waals surface area contributed by atoms with Crippen LogP contribution >= 0.6 is 0 Å². The van der Waals surface area contributed by atoms with Gasteiger partial charge in [0.15, 0.2) is 0 Å². The summed E-state index contributed by atoms with van der Waals surface area (Å²) in [6.07, 6.45) is 0.717. The first kappa shape index (κ1) is 18.8. The molecule has 1 aliphatic heterocycles. The maximum Gasteiger partial charge on any atom is 0.337 e. The van der Waals surface area contributed by atoms with Crippen molar-refractivity contribution in [1.29, 1.82) is 0 Å². The van der Waals surface area contributed by atoms with Gasteiger partial charge in [0.1, 0.15) is 5.75 Å². The highest BCUT2D eigenvalue weighted by atomic mass is 16.5. The molecular formula is C21H24N2O4. The number of fused-ring (bicyclic) bond motifs is 1. The molecule has 3 rings (SSSR count). The van der Waals surface area contributed by atoms with E-state index in [-0.39, 0.29) is 29.1 Å². The number of methoxy groups -OCH3 is 1. The minimum Gasteiger partial charge on any atom is -0.508 e. The molecule has 0 bridgehead atoms. The molecule has 142 valence electrons. The number of anilines is 2. The lowest BCUT2D eigenvalue weighted by Crippen LogP contribution is -2.35. The van der Waals surface area contributed by atoms with Crippen LogP contribution in [0.3, 0.4) is 0 Å². The van der Waals surface area contributed by atoms with E-state index in [9.17, 15) is 14.7 Å². The first-order valence-corrected chi connectivity index (χ1v) is 8.79. The molecule has 3 N–H and O–H groups in total. The third-order valence-electron chi connectivity index (χ3n) is 4.91. The van der Waals surface area contributed by atoms with Crippen molar-refractivity contribution in [2.45, 2.75) is 33.2 Å². The Hall–Kier alpha value is -3.02. The number of rotatable bonds is 3. The van der Waals surface area contributed by atoms with Crippen LogP contribution in [0, 0.1) is 5.41 Å². The Morgan fingerprint density at radius 3 is 2.63 bits per heavy atom. The molecule has 0 saturated heterocycles. The van der Waals surface area contributed by atoms with E-state index in [0.717, 1.165) is 11.3 Å². The molecule has 1 atom stereocenters. The zero-order chi connectivity index (χ0) is 19.8. The second-order valence-corrected chi connectivity index (χ2v) is 7.56. The first-order chi connectivity index (χ1) is 12.7. The lowest BCUT2D eigenvalue weighted by molar-refractivity contribution is -0.114. The van der Waals surface area contributed by atoms with Gasteiger partial charge < -0.3 is 20.5 Å². The van der Waals surface area contributed by atoms with Crippen molar-refractivity contribution in [3.63, 3.8) is 0 Å². The molecule has 1 amide bonds. The Morgan fingerprint density at radius 1 is 1.22 bits per heavy atom. The minimum atomic E-state index is -0.363. The zero-order valence-corrected chi connectivity index (χ0v) is 15.9. The van der Waals surface area contributed by atoms with Gasteiger partial charge in [0, 0.05) is 23.9 Å². The Bertz CT molecular complexity index is 905. The van der Waals surface area contributed by atoms with Crippen LogP contribution in [0.2, 0.25) is 0 Å². The van der Waals surface area contributed by atoms with E-state index in [4.69, 9.17) is 4.74 Å². The van der Waals surface area contributed by atoms with Crippen LogP contribution in [0.4, 0.5) is 11.4 Å². The number of phenols is 1. The smallest absolute Gasteiger partial charge is 0.337 e. The molecule has 2 aromatic carbocycles. The summed E-state index contributed by atoms with van der Waals surface area (Å²) < 4.78 is 4.80. The highest BCUT2D eigenvalue weighted by molar-refractivity contribution is 5.90. The third-order valence-corrected chi connectivity index (χ3v) is 4.91. The molecular weight excluding hydrogens is 344 g/mol. The van der Waals surface area contributed by atoms with Gasteiger partial charge in [0.2, 0.25) is 5.91 Å². The molecule has 2 aromatic rings. The Morgan fingerprint density at radius 2 is 1.96 bits per heavy atom. The van der Waals surface area contributed by atoms with Crippen LogP contribution in [-0.4, -0.2) is 24.1 Å². The highest BCUT2D eigenvalue weighted by Crippen LogP contribution is 2.47. The predicted octanol–water partition coefficient (Wildman–Crippen LogP) is 3.87. The van der Waals surface area contributed by atoms with Crippen molar-refractivity contribution in [2.75, 3.05) is 17.7 Å². The lowest BCUT2D eigenvalue weighted by atomic mass is 9.72. The van der Waals surface area contributed by atoms with E-state index in [1.165, 1.54) is 14.0 Å². The molecule has 1 heterocycles. The summed E-state index contributed by atoms with van der Waals surface area (Å²) in [4.78, 5) is 23.2. The SMILES string of the molecule is COC(=O)c1ccc2c(c1)CC(C)(C)C(c1cc(NC(C)=O)ccc1O)N2.